The Morgan fingerprint density at radius 3 is 2.81 bits per heavy atom. The SMILES string of the molecule is N[C@H]1CNC(C(=O)N2CCCC2B(O)O)C1. The number of carbonyl (C=O) groups is 1. The molecule has 0 saturated carbocycles. The molecule has 0 aliphatic carbocycles. The van der Waals surface area contributed by atoms with Gasteiger partial charge in [0.1, 0.15) is 0 Å². The molecule has 2 rings (SSSR count). The van der Waals surface area contributed by atoms with Crippen molar-refractivity contribution < 1.29 is 14.8 Å². The van der Waals surface area contributed by atoms with Gasteiger partial charge in [0.2, 0.25) is 5.91 Å². The highest BCUT2D eigenvalue weighted by atomic mass is 16.4. The second-order valence-corrected chi connectivity index (χ2v) is 4.61. The number of rotatable bonds is 2. The van der Waals surface area contributed by atoms with E-state index in [1.165, 1.54) is 0 Å². The van der Waals surface area contributed by atoms with Crippen LogP contribution >= 0.6 is 0 Å². The lowest BCUT2D eigenvalue weighted by Crippen LogP contribution is -2.51. The van der Waals surface area contributed by atoms with Crippen molar-refractivity contribution >= 4 is 13.0 Å². The molecule has 2 aliphatic rings. The Morgan fingerprint density at radius 2 is 2.25 bits per heavy atom. The van der Waals surface area contributed by atoms with Crippen molar-refractivity contribution in [3.05, 3.63) is 0 Å². The zero-order valence-corrected chi connectivity index (χ0v) is 9.17. The number of hydrogen-bond donors (Lipinski definition) is 4. The Bertz CT molecular complexity index is 277. The predicted molar refractivity (Wildman–Crippen MR) is 59.3 cm³/mol. The molecule has 0 spiro atoms. The third kappa shape index (κ3) is 2.22. The van der Waals surface area contributed by atoms with Crippen molar-refractivity contribution in [2.24, 2.45) is 5.73 Å². The van der Waals surface area contributed by atoms with Crippen LogP contribution in [-0.2, 0) is 4.79 Å². The van der Waals surface area contributed by atoms with Gasteiger partial charge in [-0.15, -0.1) is 0 Å². The van der Waals surface area contributed by atoms with Gasteiger partial charge in [0.15, 0.2) is 0 Å². The Hall–Kier alpha value is -0.625. The van der Waals surface area contributed by atoms with Crippen molar-refractivity contribution in [1.29, 1.82) is 0 Å². The maximum Gasteiger partial charge on any atom is 0.475 e. The van der Waals surface area contributed by atoms with Crippen molar-refractivity contribution in [3.8, 4) is 0 Å². The number of hydrogen-bond acceptors (Lipinski definition) is 5. The number of amides is 1. The first-order valence-electron chi connectivity index (χ1n) is 5.75. The molecular weight excluding hydrogens is 209 g/mol. The molecular formula is C9H18BN3O3. The van der Waals surface area contributed by atoms with Crippen LogP contribution in [0.25, 0.3) is 0 Å². The quantitative estimate of drug-likeness (QED) is 0.397. The summed E-state index contributed by atoms with van der Waals surface area (Å²) in [6, 6.07) is -0.233. The highest BCUT2D eigenvalue weighted by Crippen LogP contribution is 2.20. The van der Waals surface area contributed by atoms with E-state index in [9.17, 15) is 14.8 Å². The van der Waals surface area contributed by atoms with E-state index < -0.39 is 13.1 Å². The van der Waals surface area contributed by atoms with E-state index in [2.05, 4.69) is 5.32 Å². The van der Waals surface area contributed by atoms with Gasteiger partial charge in [-0.1, -0.05) is 0 Å². The third-order valence-electron chi connectivity index (χ3n) is 3.39. The van der Waals surface area contributed by atoms with Gasteiger partial charge >= 0.3 is 7.12 Å². The van der Waals surface area contributed by atoms with Crippen LogP contribution in [0.5, 0.6) is 0 Å². The Balaban J connectivity index is 1.98. The van der Waals surface area contributed by atoms with E-state index in [1.54, 1.807) is 4.90 Å². The first-order valence-corrected chi connectivity index (χ1v) is 5.75. The molecule has 2 fully saturated rings. The molecule has 5 N–H and O–H groups in total. The van der Waals surface area contributed by atoms with Gasteiger partial charge in [-0.3, -0.25) is 4.79 Å². The van der Waals surface area contributed by atoms with Crippen molar-refractivity contribution in [2.45, 2.75) is 37.3 Å². The molecule has 0 bridgehead atoms. The number of likely N-dealkylation sites (tertiary alicyclic amines) is 1. The van der Waals surface area contributed by atoms with Crippen LogP contribution in [0, 0.1) is 0 Å². The highest BCUT2D eigenvalue weighted by Gasteiger charge is 2.40. The lowest BCUT2D eigenvalue weighted by Gasteiger charge is -2.26. The first kappa shape index (κ1) is 11.8. The molecule has 1 amide bonds. The number of carbonyl (C=O) groups excluding carboxylic acids is 1. The average molecular weight is 227 g/mol. The van der Waals surface area contributed by atoms with Crippen molar-refractivity contribution in [2.75, 3.05) is 13.1 Å². The van der Waals surface area contributed by atoms with Crippen molar-refractivity contribution in [3.63, 3.8) is 0 Å². The Morgan fingerprint density at radius 1 is 1.50 bits per heavy atom. The predicted octanol–water partition coefficient (Wildman–Crippen LogP) is -2.32. The summed E-state index contributed by atoms with van der Waals surface area (Å²) in [6.07, 6.45) is 2.11. The molecule has 2 saturated heterocycles. The Kier molecular flexibility index (Phi) is 3.49. The summed E-state index contributed by atoms with van der Waals surface area (Å²) in [4.78, 5) is 13.7. The van der Waals surface area contributed by atoms with E-state index in [1.807, 2.05) is 0 Å². The van der Waals surface area contributed by atoms with Crippen LogP contribution < -0.4 is 11.1 Å². The normalized spacial score (nSPS) is 34.4. The molecule has 0 aromatic heterocycles. The van der Waals surface area contributed by atoms with Gasteiger partial charge in [-0.2, -0.15) is 0 Å². The maximum absolute atomic E-state index is 12.1. The molecule has 0 aromatic rings. The molecule has 6 nitrogen and oxygen atoms in total. The average Bonchev–Trinajstić information content (AvgIpc) is 2.84. The van der Waals surface area contributed by atoms with E-state index in [4.69, 9.17) is 5.73 Å². The minimum atomic E-state index is -1.44. The summed E-state index contributed by atoms with van der Waals surface area (Å²) < 4.78 is 0. The van der Waals surface area contributed by atoms with Gasteiger partial charge in [-0.05, 0) is 19.3 Å². The van der Waals surface area contributed by atoms with E-state index in [0.717, 1.165) is 6.42 Å². The van der Waals surface area contributed by atoms with E-state index >= 15 is 0 Å². The van der Waals surface area contributed by atoms with E-state index in [-0.39, 0.29) is 18.0 Å². The van der Waals surface area contributed by atoms with Gasteiger partial charge in [0.05, 0.1) is 12.0 Å². The second-order valence-electron chi connectivity index (χ2n) is 4.61. The van der Waals surface area contributed by atoms with E-state index in [0.29, 0.717) is 25.9 Å². The first-order chi connectivity index (χ1) is 7.59. The molecule has 2 heterocycles. The largest absolute Gasteiger partial charge is 0.475 e. The molecule has 16 heavy (non-hydrogen) atoms. The number of nitrogens with one attached hydrogen (secondary N) is 1. The van der Waals surface area contributed by atoms with Crippen LogP contribution in [0.1, 0.15) is 19.3 Å². The van der Waals surface area contributed by atoms with Crippen LogP contribution in [0.2, 0.25) is 0 Å². The summed E-state index contributed by atoms with van der Waals surface area (Å²) in [5.74, 6) is -0.505. The van der Waals surface area contributed by atoms with Gasteiger partial charge < -0.3 is 26.0 Å². The fourth-order valence-corrected chi connectivity index (χ4v) is 2.53. The lowest BCUT2D eigenvalue weighted by molar-refractivity contribution is -0.133. The number of nitrogens with two attached hydrogens (primary N) is 1. The fraction of sp³-hybridized carbons (Fsp3) is 0.889. The summed E-state index contributed by atoms with van der Waals surface area (Å²) in [5.41, 5.74) is 5.72. The number of nitrogens with zero attached hydrogens (tertiary/aromatic N) is 1. The molecule has 2 unspecified atom stereocenters. The monoisotopic (exact) mass is 227 g/mol. The molecule has 7 heteroatoms. The minimum Gasteiger partial charge on any atom is -0.426 e. The van der Waals surface area contributed by atoms with Crippen LogP contribution in [0.3, 0.4) is 0 Å². The van der Waals surface area contributed by atoms with Gasteiger partial charge in [-0.25, -0.2) is 0 Å². The summed E-state index contributed by atoms with van der Waals surface area (Å²) in [7, 11) is -1.44. The van der Waals surface area contributed by atoms with Crippen molar-refractivity contribution in [1.82, 2.24) is 10.2 Å². The molecule has 3 atom stereocenters. The summed E-state index contributed by atoms with van der Waals surface area (Å²) in [5, 5.41) is 21.4. The molecule has 2 aliphatic heterocycles. The molecule has 0 radical (unpaired) electrons. The smallest absolute Gasteiger partial charge is 0.426 e. The summed E-state index contributed by atoms with van der Waals surface area (Å²) >= 11 is 0. The molecule has 0 aromatic carbocycles. The van der Waals surface area contributed by atoms with Gasteiger partial charge in [0, 0.05) is 19.1 Å². The highest BCUT2D eigenvalue weighted by molar-refractivity contribution is 6.43. The second kappa shape index (κ2) is 4.71. The summed E-state index contributed by atoms with van der Waals surface area (Å²) in [6.45, 7) is 1.26. The maximum atomic E-state index is 12.1. The topological polar surface area (TPSA) is 98.8 Å². The lowest BCUT2D eigenvalue weighted by atomic mass is 9.77. The van der Waals surface area contributed by atoms with Crippen LogP contribution in [0.15, 0.2) is 0 Å². The van der Waals surface area contributed by atoms with Crippen LogP contribution in [-0.4, -0.2) is 59.1 Å². The third-order valence-corrected chi connectivity index (χ3v) is 3.39. The zero-order valence-electron chi connectivity index (χ0n) is 9.17. The molecule has 90 valence electrons. The van der Waals surface area contributed by atoms with Gasteiger partial charge in [0.25, 0.3) is 0 Å². The zero-order chi connectivity index (χ0) is 11.7. The van der Waals surface area contributed by atoms with Crippen LogP contribution in [0.4, 0.5) is 0 Å². The fourth-order valence-electron chi connectivity index (χ4n) is 2.53. The standard InChI is InChI=1S/C9H18BN3O3/c11-6-4-7(12-5-6)9(14)13-3-1-2-8(13)10(15)16/h6-8,12,15-16H,1-5,11H2/t6-,7?,8?/m1/s1. The minimum absolute atomic E-state index is 0.0223. The Labute approximate surface area is 94.9 Å².